The Labute approximate surface area is 90.3 Å². The van der Waals surface area contributed by atoms with Crippen LogP contribution in [0.4, 0.5) is 0 Å². The Bertz CT molecular complexity index is 339. The van der Waals surface area contributed by atoms with Crippen molar-refractivity contribution in [3.63, 3.8) is 0 Å². The van der Waals surface area contributed by atoms with Gasteiger partial charge < -0.3 is 9.55 Å². The van der Waals surface area contributed by atoms with Gasteiger partial charge in [0.15, 0.2) is 4.77 Å². The molecule has 14 heavy (non-hydrogen) atoms. The van der Waals surface area contributed by atoms with Crippen molar-refractivity contribution in [3.8, 4) is 0 Å². The molecule has 2 rings (SSSR count). The Morgan fingerprint density at radius 3 is 2.93 bits per heavy atom. The van der Waals surface area contributed by atoms with E-state index in [9.17, 15) is 0 Å². The van der Waals surface area contributed by atoms with Crippen molar-refractivity contribution in [1.29, 1.82) is 0 Å². The van der Waals surface area contributed by atoms with Gasteiger partial charge in [-0.1, -0.05) is 26.2 Å². The fourth-order valence-corrected chi connectivity index (χ4v) is 2.89. The maximum atomic E-state index is 5.27. The number of aromatic nitrogens is 2. The minimum absolute atomic E-state index is 0.646. The van der Waals surface area contributed by atoms with E-state index >= 15 is 0 Å². The Balaban J connectivity index is 2.23. The fraction of sp³-hybridized carbons (Fsp3) is 0.727. The molecule has 2 atom stereocenters. The molecule has 1 fully saturated rings. The fourth-order valence-electron chi connectivity index (χ4n) is 2.62. The molecule has 1 aromatic rings. The van der Waals surface area contributed by atoms with E-state index in [0.717, 1.165) is 10.7 Å². The summed E-state index contributed by atoms with van der Waals surface area (Å²) in [5.74, 6) is 0.825. The third kappa shape index (κ3) is 1.78. The second-order valence-corrected chi connectivity index (χ2v) is 4.58. The minimum atomic E-state index is 0.646. The highest BCUT2D eigenvalue weighted by Gasteiger charge is 2.24. The van der Waals surface area contributed by atoms with Crippen LogP contribution < -0.4 is 0 Å². The second kappa shape index (κ2) is 4.30. The van der Waals surface area contributed by atoms with Crippen molar-refractivity contribution >= 4 is 12.2 Å². The molecule has 2 nitrogen and oxygen atoms in total. The average molecular weight is 210 g/mol. The maximum absolute atomic E-state index is 5.27. The Morgan fingerprint density at radius 2 is 2.29 bits per heavy atom. The molecule has 1 aliphatic rings. The molecule has 0 saturated heterocycles. The summed E-state index contributed by atoms with van der Waals surface area (Å²) >= 11 is 5.27. The third-order valence-corrected chi connectivity index (χ3v) is 3.76. The van der Waals surface area contributed by atoms with E-state index in [0.29, 0.717) is 6.04 Å². The Morgan fingerprint density at radius 1 is 1.50 bits per heavy atom. The SMILES string of the molecule is CCC1CCCCC1n1cc[nH]c1=S. The van der Waals surface area contributed by atoms with Gasteiger partial charge in [-0.05, 0) is 31.0 Å². The Kier molecular flexibility index (Phi) is 3.06. The first-order chi connectivity index (χ1) is 6.83. The molecule has 0 amide bonds. The molecule has 0 spiro atoms. The van der Waals surface area contributed by atoms with Gasteiger partial charge in [0.05, 0.1) is 0 Å². The number of hydrogen-bond donors (Lipinski definition) is 1. The van der Waals surface area contributed by atoms with Crippen LogP contribution in [-0.4, -0.2) is 9.55 Å². The number of rotatable bonds is 2. The lowest BCUT2D eigenvalue weighted by Gasteiger charge is -2.31. The van der Waals surface area contributed by atoms with E-state index in [4.69, 9.17) is 12.2 Å². The van der Waals surface area contributed by atoms with Crippen molar-refractivity contribution in [2.75, 3.05) is 0 Å². The van der Waals surface area contributed by atoms with E-state index in [2.05, 4.69) is 22.7 Å². The summed E-state index contributed by atoms with van der Waals surface area (Å²) in [7, 11) is 0. The molecule has 0 aliphatic heterocycles. The number of imidazole rings is 1. The number of H-pyrrole nitrogens is 1. The highest BCUT2D eigenvalue weighted by atomic mass is 32.1. The lowest BCUT2D eigenvalue weighted by molar-refractivity contribution is 0.231. The molecule has 1 N–H and O–H groups in total. The highest BCUT2D eigenvalue weighted by molar-refractivity contribution is 7.71. The minimum Gasteiger partial charge on any atom is -0.337 e. The van der Waals surface area contributed by atoms with Gasteiger partial charge in [-0.2, -0.15) is 0 Å². The van der Waals surface area contributed by atoms with Crippen LogP contribution in [0, 0.1) is 10.7 Å². The van der Waals surface area contributed by atoms with E-state index in [1.54, 1.807) is 0 Å². The summed E-state index contributed by atoms with van der Waals surface area (Å²) in [6.07, 6.45) is 10.7. The van der Waals surface area contributed by atoms with Gasteiger partial charge in [0.2, 0.25) is 0 Å². The second-order valence-electron chi connectivity index (χ2n) is 4.19. The molecule has 0 radical (unpaired) electrons. The number of aromatic amines is 1. The molecule has 0 bridgehead atoms. The van der Waals surface area contributed by atoms with Crippen LogP contribution in [-0.2, 0) is 0 Å². The lowest BCUT2D eigenvalue weighted by atomic mass is 9.83. The predicted molar refractivity (Wildman–Crippen MR) is 60.9 cm³/mol. The van der Waals surface area contributed by atoms with Crippen LogP contribution in [0.1, 0.15) is 45.1 Å². The first-order valence-electron chi connectivity index (χ1n) is 5.58. The molecular formula is C11H18N2S. The summed E-state index contributed by atoms with van der Waals surface area (Å²) in [4.78, 5) is 3.09. The normalized spacial score (nSPS) is 27.8. The molecule has 1 saturated carbocycles. The molecule has 1 heterocycles. The first-order valence-corrected chi connectivity index (χ1v) is 5.99. The predicted octanol–water partition coefficient (Wildman–Crippen LogP) is 3.69. The van der Waals surface area contributed by atoms with Crippen LogP contribution >= 0.6 is 12.2 Å². The topological polar surface area (TPSA) is 20.7 Å². The van der Waals surface area contributed by atoms with Crippen LogP contribution in [0.15, 0.2) is 12.4 Å². The Hall–Kier alpha value is -0.570. The molecule has 78 valence electrons. The van der Waals surface area contributed by atoms with Crippen LogP contribution in [0.2, 0.25) is 0 Å². The third-order valence-electron chi connectivity index (χ3n) is 3.43. The van der Waals surface area contributed by atoms with E-state index in [1.807, 2.05) is 6.20 Å². The summed E-state index contributed by atoms with van der Waals surface area (Å²) < 4.78 is 3.14. The summed E-state index contributed by atoms with van der Waals surface area (Å²) in [5.41, 5.74) is 0. The monoisotopic (exact) mass is 210 g/mol. The number of nitrogens with zero attached hydrogens (tertiary/aromatic N) is 1. The van der Waals surface area contributed by atoms with Gasteiger partial charge in [0.25, 0.3) is 0 Å². The zero-order valence-electron chi connectivity index (χ0n) is 8.70. The lowest BCUT2D eigenvalue weighted by Crippen LogP contribution is -2.22. The quantitative estimate of drug-likeness (QED) is 0.738. The maximum Gasteiger partial charge on any atom is 0.177 e. The molecule has 2 unspecified atom stereocenters. The number of nitrogens with one attached hydrogen (secondary N) is 1. The largest absolute Gasteiger partial charge is 0.337 e. The van der Waals surface area contributed by atoms with Crippen molar-refractivity contribution in [3.05, 3.63) is 17.2 Å². The van der Waals surface area contributed by atoms with E-state index in [1.165, 1.54) is 32.1 Å². The zero-order valence-corrected chi connectivity index (χ0v) is 9.52. The van der Waals surface area contributed by atoms with Gasteiger partial charge in [0, 0.05) is 18.4 Å². The van der Waals surface area contributed by atoms with Crippen LogP contribution in [0.5, 0.6) is 0 Å². The van der Waals surface area contributed by atoms with Crippen LogP contribution in [0.25, 0.3) is 0 Å². The number of hydrogen-bond acceptors (Lipinski definition) is 1. The van der Waals surface area contributed by atoms with E-state index in [-0.39, 0.29) is 0 Å². The smallest absolute Gasteiger partial charge is 0.177 e. The molecule has 1 aromatic heterocycles. The van der Waals surface area contributed by atoms with Crippen molar-refractivity contribution in [2.24, 2.45) is 5.92 Å². The standard InChI is InChI=1S/C11H18N2S/c1-2-9-5-3-4-6-10(9)13-8-7-12-11(13)14/h7-10H,2-6H2,1H3,(H,12,14). The average Bonchev–Trinajstić information content (AvgIpc) is 2.64. The van der Waals surface area contributed by atoms with E-state index < -0.39 is 0 Å². The van der Waals surface area contributed by atoms with Crippen molar-refractivity contribution in [2.45, 2.75) is 45.1 Å². The van der Waals surface area contributed by atoms with Gasteiger partial charge in [0.1, 0.15) is 0 Å². The molecule has 3 heteroatoms. The van der Waals surface area contributed by atoms with Gasteiger partial charge in [-0.3, -0.25) is 0 Å². The molecular weight excluding hydrogens is 192 g/mol. The molecule has 0 aromatic carbocycles. The van der Waals surface area contributed by atoms with Crippen molar-refractivity contribution in [1.82, 2.24) is 9.55 Å². The van der Waals surface area contributed by atoms with Crippen molar-refractivity contribution < 1.29 is 0 Å². The van der Waals surface area contributed by atoms with Gasteiger partial charge in [-0.15, -0.1) is 0 Å². The van der Waals surface area contributed by atoms with Crippen LogP contribution in [0.3, 0.4) is 0 Å². The summed E-state index contributed by atoms with van der Waals surface area (Å²) in [5, 5.41) is 0. The summed E-state index contributed by atoms with van der Waals surface area (Å²) in [6.45, 7) is 2.29. The first kappa shape index (κ1) is 9.97. The zero-order chi connectivity index (χ0) is 9.97. The molecule has 1 aliphatic carbocycles. The highest BCUT2D eigenvalue weighted by Crippen LogP contribution is 2.35. The summed E-state index contributed by atoms with van der Waals surface area (Å²) in [6, 6.07) is 0.646. The van der Waals surface area contributed by atoms with Gasteiger partial charge in [-0.25, -0.2) is 0 Å². The van der Waals surface area contributed by atoms with Gasteiger partial charge >= 0.3 is 0 Å².